The van der Waals surface area contributed by atoms with Gasteiger partial charge in [0.1, 0.15) is 11.6 Å². The van der Waals surface area contributed by atoms with Crippen molar-refractivity contribution in [1.82, 2.24) is 14.9 Å². The van der Waals surface area contributed by atoms with Crippen LogP contribution in [0.2, 0.25) is 0 Å². The molecule has 40 heavy (non-hydrogen) atoms. The number of anilines is 4. The molecule has 2 unspecified atom stereocenters. The molecule has 6 rings (SSSR count). The lowest BCUT2D eigenvalue weighted by atomic mass is 10.2. The fraction of sp³-hybridized carbons (Fsp3) is 0.452. The Morgan fingerprint density at radius 1 is 0.925 bits per heavy atom. The molecule has 3 aliphatic rings. The molecule has 0 radical (unpaired) electrons. The molecule has 1 aromatic heterocycles. The van der Waals surface area contributed by atoms with Crippen molar-refractivity contribution in [3.05, 3.63) is 60.2 Å². The maximum absolute atomic E-state index is 12.7. The highest BCUT2D eigenvalue weighted by molar-refractivity contribution is 5.99. The van der Waals surface area contributed by atoms with Crippen LogP contribution < -0.4 is 20.9 Å². The molecule has 3 saturated heterocycles. The Bertz CT molecular complexity index is 1290. The summed E-state index contributed by atoms with van der Waals surface area (Å²) in [5.41, 5.74) is 3.64. The first kappa shape index (κ1) is 26.5. The summed E-state index contributed by atoms with van der Waals surface area (Å²) in [6, 6.07) is 18.5. The molecule has 2 bridgehead atoms. The number of likely N-dealkylation sites (tertiary alicyclic amines) is 1. The number of rotatable bonds is 8. The van der Waals surface area contributed by atoms with Crippen LogP contribution >= 0.6 is 0 Å². The number of amides is 2. The van der Waals surface area contributed by atoms with E-state index in [1.807, 2.05) is 36.4 Å². The zero-order valence-electron chi connectivity index (χ0n) is 23.4. The van der Waals surface area contributed by atoms with Crippen molar-refractivity contribution in [1.29, 1.82) is 0 Å². The second-order valence-electron chi connectivity index (χ2n) is 11.4. The van der Waals surface area contributed by atoms with Crippen molar-refractivity contribution in [3.63, 3.8) is 0 Å². The van der Waals surface area contributed by atoms with E-state index in [2.05, 4.69) is 57.8 Å². The van der Waals surface area contributed by atoms with E-state index in [4.69, 9.17) is 14.7 Å². The average Bonchev–Trinajstić information content (AvgIpc) is 3.54. The third kappa shape index (κ3) is 6.21. The second kappa shape index (κ2) is 11.8. The molecule has 210 valence electrons. The van der Waals surface area contributed by atoms with E-state index in [1.165, 1.54) is 31.5 Å². The number of nitrogens with zero attached hydrogens (tertiary/aromatic N) is 4. The third-order valence-corrected chi connectivity index (χ3v) is 7.87. The molecule has 0 saturated carbocycles. The summed E-state index contributed by atoms with van der Waals surface area (Å²) < 4.78 is 5.79. The molecular weight excluding hydrogens is 502 g/mol. The summed E-state index contributed by atoms with van der Waals surface area (Å²) in [7, 11) is 0. The van der Waals surface area contributed by atoms with E-state index >= 15 is 0 Å². The van der Waals surface area contributed by atoms with Gasteiger partial charge in [-0.3, -0.25) is 4.90 Å². The average molecular weight is 542 g/mol. The summed E-state index contributed by atoms with van der Waals surface area (Å²) >= 11 is 0. The third-order valence-electron chi connectivity index (χ3n) is 7.87. The first-order valence-corrected chi connectivity index (χ1v) is 14.5. The Hall–Kier alpha value is -3.69. The van der Waals surface area contributed by atoms with Gasteiger partial charge in [-0.1, -0.05) is 12.1 Å². The number of fused-ring (bicyclic) bond motifs is 2. The van der Waals surface area contributed by atoms with Gasteiger partial charge in [0.05, 0.1) is 25.3 Å². The minimum absolute atomic E-state index is 0.253. The van der Waals surface area contributed by atoms with Crippen molar-refractivity contribution in [3.8, 4) is 11.4 Å². The SMILES string of the molecule is CC(C)Nc1cc(N2C3CCC2COC3)nc(-c2ccc(NC(=O)Nc3ccc(CN4CCCC4)cc3)cc2)n1. The largest absolute Gasteiger partial charge is 0.377 e. The van der Waals surface area contributed by atoms with E-state index in [0.717, 1.165) is 55.5 Å². The fourth-order valence-corrected chi connectivity index (χ4v) is 5.96. The van der Waals surface area contributed by atoms with E-state index < -0.39 is 0 Å². The van der Waals surface area contributed by atoms with E-state index in [0.29, 0.717) is 23.6 Å². The van der Waals surface area contributed by atoms with Gasteiger partial charge in [0, 0.05) is 35.6 Å². The number of carbonyl (C=O) groups excluding carboxylic acids is 1. The predicted molar refractivity (Wildman–Crippen MR) is 160 cm³/mol. The maximum Gasteiger partial charge on any atom is 0.323 e. The molecule has 3 fully saturated rings. The molecular formula is C31H39N7O2. The van der Waals surface area contributed by atoms with Gasteiger partial charge < -0.3 is 25.6 Å². The highest BCUT2D eigenvalue weighted by Crippen LogP contribution is 2.35. The standard InChI is InChI=1S/C31H39N7O2/c1-21(2)32-28-17-29(38-26-13-14-27(38)20-40-19-26)36-30(35-28)23-7-11-25(12-8-23)34-31(39)33-24-9-5-22(6-10-24)18-37-15-3-4-16-37/h5-12,17,21,26-27H,3-4,13-16,18-20H2,1-2H3,(H,32,35,36)(H2,33,34,39). The number of hydrogen-bond donors (Lipinski definition) is 3. The molecule has 9 heteroatoms. The summed E-state index contributed by atoms with van der Waals surface area (Å²) in [6.45, 7) is 9.01. The Kier molecular flexibility index (Phi) is 7.84. The van der Waals surface area contributed by atoms with Crippen LogP contribution in [-0.2, 0) is 11.3 Å². The topological polar surface area (TPSA) is 94.7 Å². The highest BCUT2D eigenvalue weighted by atomic mass is 16.5. The monoisotopic (exact) mass is 541 g/mol. The Morgan fingerprint density at radius 3 is 2.17 bits per heavy atom. The van der Waals surface area contributed by atoms with Gasteiger partial charge in [-0.25, -0.2) is 14.8 Å². The lowest BCUT2D eigenvalue weighted by molar-refractivity contribution is 0.0902. The number of aromatic nitrogens is 2. The predicted octanol–water partition coefficient (Wildman–Crippen LogP) is 5.57. The van der Waals surface area contributed by atoms with Crippen molar-refractivity contribution >= 4 is 29.0 Å². The molecule has 2 amide bonds. The van der Waals surface area contributed by atoms with E-state index in [9.17, 15) is 4.79 Å². The van der Waals surface area contributed by atoms with Gasteiger partial charge in [0.2, 0.25) is 0 Å². The fourth-order valence-electron chi connectivity index (χ4n) is 5.96. The summed E-state index contributed by atoms with van der Waals surface area (Å²) in [5.74, 6) is 2.42. The van der Waals surface area contributed by atoms with Crippen LogP contribution in [-0.4, -0.2) is 65.3 Å². The van der Waals surface area contributed by atoms with Crippen LogP contribution in [0.15, 0.2) is 54.6 Å². The van der Waals surface area contributed by atoms with Crippen LogP contribution in [0.4, 0.5) is 27.8 Å². The number of benzene rings is 2. The maximum atomic E-state index is 12.7. The Balaban J connectivity index is 1.12. The minimum Gasteiger partial charge on any atom is -0.377 e. The Labute approximate surface area is 236 Å². The zero-order chi connectivity index (χ0) is 27.5. The Morgan fingerprint density at radius 2 is 1.55 bits per heavy atom. The molecule has 9 nitrogen and oxygen atoms in total. The molecule has 2 atom stereocenters. The van der Waals surface area contributed by atoms with Gasteiger partial charge in [-0.05, 0) is 94.6 Å². The number of nitrogens with one attached hydrogen (secondary N) is 3. The lowest BCUT2D eigenvalue weighted by Gasteiger charge is -2.36. The second-order valence-corrected chi connectivity index (χ2v) is 11.4. The van der Waals surface area contributed by atoms with Crippen molar-refractivity contribution in [2.45, 2.75) is 64.2 Å². The first-order chi connectivity index (χ1) is 19.5. The lowest BCUT2D eigenvalue weighted by Crippen LogP contribution is -2.46. The summed E-state index contributed by atoms with van der Waals surface area (Å²) in [5, 5.41) is 9.31. The van der Waals surface area contributed by atoms with E-state index in [1.54, 1.807) is 0 Å². The van der Waals surface area contributed by atoms with Gasteiger partial charge in [-0.2, -0.15) is 0 Å². The number of carbonyl (C=O) groups is 1. The molecule has 0 spiro atoms. The number of urea groups is 1. The van der Waals surface area contributed by atoms with Crippen molar-refractivity contribution < 1.29 is 9.53 Å². The summed E-state index contributed by atoms with van der Waals surface area (Å²) in [6.07, 6.45) is 4.82. The smallest absolute Gasteiger partial charge is 0.323 e. The van der Waals surface area contributed by atoms with Crippen LogP contribution in [0.25, 0.3) is 11.4 Å². The van der Waals surface area contributed by atoms with Crippen molar-refractivity contribution in [2.24, 2.45) is 0 Å². The van der Waals surface area contributed by atoms with Gasteiger partial charge in [0.15, 0.2) is 5.82 Å². The molecule has 3 aliphatic heterocycles. The minimum atomic E-state index is -0.274. The summed E-state index contributed by atoms with van der Waals surface area (Å²) in [4.78, 5) is 27.3. The number of hydrogen-bond acceptors (Lipinski definition) is 7. The van der Waals surface area contributed by atoms with Crippen molar-refractivity contribution in [2.75, 3.05) is 47.2 Å². The first-order valence-electron chi connectivity index (χ1n) is 14.5. The van der Waals surface area contributed by atoms with Crippen LogP contribution in [0, 0.1) is 0 Å². The van der Waals surface area contributed by atoms with Gasteiger partial charge >= 0.3 is 6.03 Å². The molecule has 2 aromatic carbocycles. The molecule has 3 N–H and O–H groups in total. The number of morpholine rings is 1. The molecule has 0 aliphatic carbocycles. The zero-order valence-corrected chi connectivity index (χ0v) is 23.4. The molecule has 4 heterocycles. The molecule has 3 aromatic rings. The van der Waals surface area contributed by atoms with Crippen LogP contribution in [0.1, 0.15) is 45.1 Å². The quantitative estimate of drug-likeness (QED) is 0.343. The van der Waals surface area contributed by atoms with E-state index in [-0.39, 0.29) is 12.1 Å². The highest BCUT2D eigenvalue weighted by Gasteiger charge is 2.38. The number of ether oxygens (including phenoxy) is 1. The normalized spacial score (nSPS) is 20.6. The van der Waals surface area contributed by atoms with Crippen LogP contribution in [0.5, 0.6) is 0 Å². The van der Waals surface area contributed by atoms with Crippen LogP contribution in [0.3, 0.4) is 0 Å². The van der Waals surface area contributed by atoms with Gasteiger partial charge in [0.25, 0.3) is 0 Å². The van der Waals surface area contributed by atoms with Gasteiger partial charge in [-0.15, -0.1) is 0 Å².